The van der Waals surface area contributed by atoms with Crippen LogP contribution in [0.1, 0.15) is 35.7 Å². The van der Waals surface area contributed by atoms with Gasteiger partial charge in [0.2, 0.25) is 5.43 Å². The number of piperazine rings is 1. The molecule has 0 amide bonds. The molecule has 7 heteroatoms. The monoisotopic (exact) mass is 393 g/mol. The van der Waals surface area contributed by atoms with Crippen molar-refractivity contribution >= 4 is 33.3 Å². The number of anilines is 1. The van der Waals surface area contributed by atoms with Gasteiger partial charge in [0.1, 0.15) is 11.4 Å². The number of halogens is 1. The number of nitrogens with one attached hydrogen (secondary N) is 1. The molecule has 2 unspecified atom stereocenters. The summed E-state index contributed by atoms with van der Waals surface area (Å²) in [6.07, 6.45) is 4.43. The highest BCUT2D eigenvalue weighted by Crippen LogP contribution is 2.39. The average Bonchev–Trinajstić information content (AvgIpc) is 3.32. The Kier molecular flexibility index (Phi) is 3.39. The number of carboxylic acid groups (broad SMARTS) is 1. The molecule has 2 aliphatic heterocycles. The second-order valence-corrected chi connectivity index (χ2v) is 8.48. The minimum Gasteiger partial charge on any atom is -0.477 e. The van der Waals surface area contributed by atoms with Crippen molar-refractivity contribution in [2.45, 2.75) is 37.4 Å². The lowest BCUT2D eigenvalue weighted by Crippen LogP contribution is -2.44. The minimum atomic E-state index is -1.23. The van der Waals surface area contributed by atoms with Gasteiger partial charge in [-0.25, -0.2) is 9.18 Å². The van der Waals surface area contributed by atoms with Gasteiger partial charge in [-0.2, -0.15) is 0 Å². The molecule has 6 nitrogen and oxygen atoms in total. The molecule has 6 rings (SSSR count). The van der Waals surface area contributed by atoms with Gasteiger partial charge in [0.05, 0.1) is 11.2 Å². The number of aromatic nitrogens is 1. The first-order chi connectivity index (χ1) is 14.0. The van der Waals surface area contributed by atoms with Crippen molar-refractivity contribution in [3.05, 3.63) is 52.1 Å². The van der Waals surface area contributed by atoms with Crippen molar-refractivity contribution in [2.75, 3.05) is 18.0 Å². The van der Waals surface area contributed by atoms with Crippen molar-refractivity contribution in [1.82, 2.24) is 9.88 Å². The van der Waals surface area contributed by atoms with E-state index in [2.05, 4.69) is 10.2 Å². The number of carboxylic acids is 1. The number of fused-ring (bicyclic) bond motifs is 4. The van der Waals surface area contributed by atoms with E-state index >= 15 is 0 Å². The molecule has 29 heavy (non-hydrogen) atoms. The number of carbonyl (C=O) groups is 1. The number of benzene rings is 2. The highest BCUT2D eigenvalue weighted by atomic mass is 19.1. The number of hydrogen-bond acceptors (Lipinski definition) is 4. The van der Waals surface area contributed by atoms with Gasteiger partial charge in [0.25, 0.3) is 0 Å². The Labute approximate surface area is 165 Å². The molecule has 2 N–H and O–H groups in total. The Morgan fingerprint density at radius 2 is 1.93 bits per heavy atom. The zero-order valence-corrected chi connectivity index (χ0v) is 15.7. The third-order valence-corrected chi connectivity index (χ3v) is 6.59. The molecule has 3 heterocycles. The Bertz CT molecular complexity index is 1260. The van der Waals surface area contributed by atoms with Crippen LogP contribution in [0.2, 0.25) is 0 Å². The average molecular weight is 393 g/mol. The minimum absolute atomic E-state index is 0.217. The third-order valence-electron chi connectivity index (χ3n) is 6.59. The van der Waals surface area contributed by atoms with Crippen LogP contribution >= 0.6 is 0 Å². The Hall–Kier alpha value is -2.93. The van der Waals surface area contributed by atoms with E-state index in [9.17, 15) is 19.1 Å². The molecule has 2 bridgehead atoms. The highest BCUT2D eigenvalue weighted by Gasteiger charge is 2.38. The van der Waals surface area contributed by atoms with Gasteiger partial charge in [0, 0.05) is 42.8 Å². The van der Waals surface area contributed by atoms with Gasteiger partial charge in [-0.1, -0.05) is 0 Å². The zero-order chi connectivity index (χ0) is 19.9. The van der Waals surface area contributed by atoms with Crippen LogP contribution in [-0.2, 0) is 0 Å². The van der Waals surface area contributed by atoms with Crippen molar-refractivity contribution in [2.24, 2.45) is 0 Å². The van der Waals surface area contributed by atoms with E-state index in [0.29, 0.717) is 28.5 Å². The van der Waals surface area contributed by atoms with E-state index in [1.165, 1.54) is 12.3 Å². The standard InChI is InChI=1S/C22H20FN3O3/c23-18-4-11-3-16-19(26(14-1-2-14)10-17(21(16)27)22(28)29)5-12(11)6-20(18)25-9-13-7-15(25)8-24-13/h3-6,10,13-15,24H,1-2,7-9H2,(H,28,29). The molecule has 1 aliphatic carbocycles. The van der Waals surface area contributed by atoms with Crippen molar-refractivity contribution in [1.29, 1.82) is 0 Å². The van der Waals surface area contributed by atoms with Gasteiger partial charge in [-0.3, -0.25) is 4.79 Å². The van der Waals surface area contributed by atoms with Gasteiger partial charge < -0.3 is 19.9 Å². The molecular weight excluding hydrogens is 373 g/mol. The summed E-state index contributed by atoms with van der Waals surface area (Å²) >= 11 is 0. The Morgan fingerprint density at radius 3 is 2.59 bits per heavy atom. The number of aromatic carboxylic acids is 1. The SMILES string of the molecule is O=C(O)c1cn(C2CC2)c2cc3cc(N4CC5CC4CN5)c(F)cc3cc2c1=O. The first-order valence-electron chi connectivity index (χ1n) is 10.0. The van der Waals surface area contributed by atoms with E-state index in [-0.39, 0.29) is 17.4 Å². The fourth-order valence-electron chi connectivity index (χ4n) is 4.99. The number of rotatable bonds is 3. The van der Waals surface area contributed by atoms with Gasteiger partial charge in [-0.05, 0) is 54.3 Å². The molecule has 0 radical (unpaired) electrons. The topological polar surface area (TPSA) is 74.6 Å². The molecule has 3 aliphatic rings. The van der Waals surface area contributed by atoms with Crippen LogP contribution in [0.25, 0.3) is 21.7 Å². The van der Waals surface area contributed by atoms with Crippen LogP contribution in [0, 0.1) is 5.82 Å². The molecule has 0 spiro atoms. The van der Waals surface area contributed by atoms with Gasteiger partial charge >= 0.3 is 5.97 Å². The summed E-state index contributed by atoms with van der Waals surface area (Å²) in [6, 6.07) is 7.84. The number of pyridine rings is 1. The van der Waals surface area contributed by atoms with Crippen molar-refractivity contribution in [3.63, 3.8) is 0 Å². The van der Waals surface area contributed by atoms with Crippen molar-refractivity contribution < 1.29 is 14.3 Å². The van der Waals surface area contributed by atoms with Crippen LogP contribution in [0.4, 0.5) is 10.1 Å². The lowest BCUT2D eigenvalue weighted by molar-refractivity contribution is 0.0695. The first-order valence-corrected chi connectivity index (χ1v) is 10.0. The Balaban J connectivity index is 1.59. The predicted molar refractivity (Wildman–Crippen MR) is 108 cm³/mol. The second-order valence-electron chi connectivity index (χ2n) is 8.48. The number of hydrogen-bond donors (Lipinski definition) is 2. The van der Waals surface area contributed by atoms with Crippen LogP contribution in [0.15, 0.2) is 35.3 Å². The van der Waals surface area contributed by atoms with E-state index in [1.54, 1.807) is 6.07 Å². The molecular formula is C22H20FN3O3. The Morgan fingerprint density at radius 1 is 1.14 bits per heavy atom. The summed E-state index contributed by atoms with van der Waals surface area (Å²) in [5.41, 5.74) is 0.575. The first kappa shape index (κ1) is 17.0. The lowest BCUT2D eigenvalue weighted by Gasteiger charge is -2.30. The van der Waals surface area contributed by atoms with Crippen LogP contribution in [0.3, 0.4) is 0 Å². The maximum atomic E-state index is 15.0. The molecule has 2 aromatic carbocycles. The number of nitrogens with zero attached hydrogens (tertiary/aromatic N) is 2. The summed E-state index contributed by atoms with van der Waals surface area (Å²) in [5, 5.41) is 14.7. The summed E-state index contributed by atoms with van der Waals surface area (Å²) in [4.78, 5) is 26.4. The fourth-order valence-corrected chi connectivity index (χ4v) is 4.99. The van der Waals surface area contributed by atoms with E-state index < -0.39 is 11.4 Å². The zero-order valence-electron chi connectivity index (χ0n) is 15.7. The molecule has 1 aromatic heterocycles. The molecule has 148 valence electrons. The molecule has 3 aromatic rings. The van der Waals surface area contributed by atoms with Crippen LogP contribution in [0.5, 0.6) is 0 Å². The summed E-state index contributed by atoms with van der Waals surface area (Å²) in [5.74, 6) is -1.54. The molecule has 2 saturated heterocycles. The van der Waals surface area contributed by atoms with E-state index in [1.807, 2.05) is 16.7 Å². The molecule has 2 atom stereocenters. The molecule has 3 fully saturated rings. The third kappa shape index (κ3) is 2.50. The normalized spacial score (nSPS) is 23.4. The fraction of sp³-hybridized carbons (Fsp3) is 0.364. The van der Waals surface area contributed by atoms with E-state index in [0.717, 1.165) is 43.3 Å². The summed E-state index contributed by atoms with van der Waals surface area (Å²) in [7, 11) is 0. The maximum Gasteiger partial charge on any atom is 0.341 e. The maximum absolute atomic E-state index is 15.0. The van der Waals surface area contributed by atoms with Crippen LogP contribution in [-0.4, -0.2) is 40.8 Å². The van der Waals surface area contributed by atoms with Crippen molar-refractivity contribution in [3.8, 4) is 0 Å². The summed E-state index contributed by atoms with van der Waals surface area (Å²) in [6.45, 7) is 1.68. The lowest BCUT2D eigenvalue weighted by atomic mass is 10.0. The quantitative estimate of drug-likeness (QED) is 0.670. The van der Waals surface area contributed by atoms with Crippen LogP contribution < -0.4 is 15.6 Å². The highest BCUT2D eigenvalue weighted by molar-refractivity contribution is 6.00. The smallest absolute Gasteiger partial charge is 0.341 e. The second kappa shape index (κ2) is 5.79. The van der Waals surface area contributed by atoms with Gasteiger partial charge in [-0.15, -0.1) is 0 Å². The van der Waals surface area contributed by atoms with Gasteiger partial charge in [0.15, 0.2) is 0 Å². The van der Waals surface area contributed by atoms with E-state index in [4.69, 9.17) is 0 Å². The largest absolute Gasteiger partial charge is 0.477 e. The molecule has 1 saturated carbocycles. The summed E-state index contributed by atoms with van der Waals surface area (Å²) < 4.78 is 16.9. The predicted octanol–water partition coefficient (Wildman–Crippen LogP) is 2.88.